The van der Waals surface area contributed by atoms with Crippen molar-refractivity contribution in [1.29, 1.82) is 0 Å². The molecular weight excluding hydrogens is 308 g/mol. The van der Waals surface area contributed by atoms with Crippen LogP contribution in [0.25, 0.3) is 0 Å². The van der Waals surface area contributed by atoms with Crippen molar-refractivity contribution in [3.05, 3.63) is 59.4 Å². The van der Waals surface area contributed by atoms with Gasteiger partial charge in [-0.15, -0.1) is 0 Å². The zero-order chi connectivity index (χ0) is 16.4. The van der Waals surface area contributed by atoms with Crippen molar-refractivity contribution in [3.63, 3.8) is 0 Å². The zero-order valence-electron chi connectivity index (χ0n) is 13.6. The molecule has 0 spiro atoms. The quantitative estimate of drug-likeness (QED) is 0.864. The van der Waals surface area contributed by atoms with Crippen molar-refractivity contribution in [3.8, 4) is 0 Å². The monoisotopic (exact) mass is 330 g/mol. The Morgan fingerprint density at radius 1 is 1.04 bits per heavy atom. The van der Waals surface area contributed by atoms with Crippen molar-refractivity contribution in [2.75, 3.05) is 6.54 Å². The Morgan fingerprint density at radius 3 is 2.48 bits per heavy atom. The first-order valence-corrected chi connectivity index (χ1v) is 9.43. The predicted octanol–water partition coefficient (Wildman–Crippen LogP) is 3.61. The van der Waals surface area contributed by atoms with E-state index in [1.165, 1.54) is 0 Å². The highest BCUT2D eigenvalue weighted by molar-refractivity contribution is 7.89. The van der Waals surface area contributed by atoms with Crippen LogP contribution in [0.4, 0.5) is 0 Å². The molecule has 1 aliphatic heterocycles. The van der Waals surface area contributed by atoms with Gasteiger partial charge >= 0.3 is 0 Å². The first-order chi connectivity index (χ1) is 11.0. The highest BCUT2D eigenvalue weighted by atomic mass is 32.2. The van der Waals surface area contributed by atoms with Crippen LogP contribution in [0.2, 0.25) is 0 Å². The SMILES string of the molecule is Cc1ccc(S(=O)(=O)N2CCCC[C@H]2c2cc(C)ccn2)cc1. The fourth-order valence-corrected chi connectivity index (χ4v) is 4.74. The average Bonchev–Trinajstić information content (AvgIpc) is 2.55. The van der Waals surface area contributed by atoms with E-state index in [2.05, 4.69) is 4.98 Å². The summed E-state index contributed by atoms with van der Waals surface area (Å²) in [5.74, 6) is 0. The van der Waals surface area contributed by atoms with Gasteiger partial charge in [0.2, 0.25) is 10.0 Å². The summed E-state index contributed by atoms with van der Waals surface area (Å²) in [6.07, 6.45) is 4.51. The molecule has 1 aromatic carbocycles. The second-order valence-corrected chi connectivity index (χ2v) is 8.09. The van der Waals surface area contributed by atoms with E-state index in [0.717, 1.165) is 36.1 Å². The van der Waals surface area contributed by atoms with E-state index in [1.807, 2.05) is 38.1 Å². The molecule has 0 unspecified atom stereocenters. The van der Waals surface area contributed by atoms with Crippen LogP contribution in [0.3, 0.4) is 0 Å². The van der Waals surface area contributed by atoms with E-state index in [4.69, 9.17) is 0 Å². The Labute approximate surface area is 138 Å². The summed E-state index contributed by atoms with van der Waals surface area (Å²) < 4.78 is 27.8. The van der Waals surface area contributed by atoms with E-state index in [-0.39, 0.29) is 6.04 Å². The van der Waals surface area contributed by atoms with Gasteiger partial charge in [0.05, 0.1) is 16.6 Å². The van der Waals surface area contributed by atoms with Crippen LogP contribution >= 0.6 is 0 Å². The highest BCUT2D eigenvalue weighted by Crippen LogP contribution is 2.34. The molecule has 1 saturated heterocycles. The van der Waals surface area contributed by atoms with Crippen LogP contribution in [-0.2, 0) is 10.0 Å². The summed E-state index contributed by atoms with van der Waals surface area (Å²) in [6, 6.07) is 10.8. The van der Waals surface area contributed by atoms with Gasteiger partial charge in [-0.2, -0.15) is 4.31 Å². The molecule has 0 saturated carbocycles. The number of piperidine rings is 1. The fraction of sp³-hybridized carbons (Fsp3) is 0.389. The molecule has 2 aromatic rings. The molecule has 3 rings (SSSR count). The maximum absolute atomic E-state index is 13.1. The molecule has 5 heteroatoms. The van der Waals surface area contributed by atoms with Crippen LogP contribution in [0, 0.1) is 13.8 Å². The molecule has 0 bridgehead atoms. The van der Waals surface area contributed by atoms with E-state index in [1.54, 1.807) is 22.6 Å². The number of rotatable bonds is 3. The fourth-order valence-electron chi connectivity index (χ4n) is 3.08. The molecule has 1 aliphatic rings. The van der Waals surface area contributed by atoms with Crippen molar-refractivity contribution < 1.29 is 8.42 Å². The van der Waals surface area contributed by atoms with E-state index < -0.39 is 10.0 Å². The van der Waals surface area contributed by atoms with Gasteiger partial charge in [0, 0.05) is 12.7 Å². The molecule has 1 aromatic heterocycles. The molecule has 23 heavy (non-hydrogen) atoms. The third kappa shape index (κ3) is 3.31. The molecule has 0 amide bonds. The number of aromatic nitrogens is 1. The maximum atomic E-state index is 13.1. The lowest BCUT2D eigenvalue weighted by molar-refractivity contribution is 0.251. The molecule has 0 radical (unpaired) electrons. The summed E-state index contributed by atoms with van der Waals surface area (Å²) in [5.41, 5.74) is 3.01. The molecular formula is C18H22N2O2S. The molecule has 4 nitrogen and oxygen atoms in total. The Hall–Kier alpha value is -1.72. The van der Waals surface area contributed by atoms with Crippen LogP contribution < -0.4 is 0 Å². The smallest absolute Gasteiger partial charge is 0.243 e. The number of nitrogens with zero attached hydrogens (tertiary/aromatic N) is 2. The summed E-state index contributed by atoms with van der Waals surface area (Å²) in [5, 5.41) is 0. The third-order valence-electron chi connectivity index (χ3n) is 4.36. The Balaban J connectivity index is 1.99. The van der Waals surface area contributed by atoms with E-state index >= 15 is 0 Å². The standard InChI is InChI=1S/C18H22N2O2S/c1-14-6-8-16(9-7-14)23(21,22)20-12-4-3-5-18(20)17-13-15(2)10-11-19-17/h6-11,13,18H,3-5,12H2,1-2H3/t18-/m0/s1. The molecule has 1 atom stereocenters. The van der Waals surface area contributed by atoms with Crippen LogP contribution in [0.1, 0.15) is 42.1 Å². The number of aryl methyl sites for hydroxylation is 2. The van der Waals surface area contributed by atoms with Crippen molar-refractivity contribution in [2.24, 2.45) is 0 Å². The molecule has 122 valence electrons. The van der Waals surface area contributed by atoms with Crippen molar-refractivity contribution in [1.82, 2.24) is 9.29 Å². The second kappa shape index (κ2) is 6.42. The van der Waals surface area contributed by atoms with Gasteiger partial charge in [-0.05, 0) is 56.5 Å². The minimum absolute atomic E-state index is 0.171. The Kier molecular flexibility index (Phi) is 4.50. The lowest BCUT2D eigenvalue weighted by Gasteiger charge is -2.34. The van der Waals surface area contributed by atoms with Gasteiger partial charge in [-0.3, -0.25) is 4.98 Å². The van der Waals surface area contributed by atoms with Gasteiger partial charge in [-0.25, -0.2) is 8.42 Å². The first kappa shape index (κ1) is 16.1. The van der Waals surface area contributed by atoms with Crippen molar-refractivity contribution in [2.45, 2.75) is 44.0 Å². The molecule has 0 aliphatic carbocycles. The number of hydrogen-bond donors (Lipinski definition) is 0. The predicted molar refractivity (Wildman–Crippen MR) is 90.6 cm³/mol. The Bertz CT molecular complexity index is 785. The number of sulfonamides is 1. The number of hydrogen-bond acceptors (Lipinski definition) is 3. The first-order valence-electron chi connectivity index (χ1n) is 7.99. The third-order valence-corrected chi connectivity index (χ3v) is 6.28. The Morgan fingerprint density at radius 2 is 1.78 bits per heavy atom. The minimum atomic E-state index is -3.50. The lowest BCUT2D eigenvalue weighted by atomic mass is 10.0. The summed E-state index contributed by atoms with van der Waals surface area (Å²) in [6.45, 7) is 4.51. The van der Waals surface area contributed by atoms with E-state index in [0.29, 0.717) is 11.4 Å². The summed E-state index contributed by atoms with van der Waals surface area (Å²) >= 11 is 0. The topological polar surface area (TPSA) is 50.3 Å². The molecule has 0 N–H and O–H groups in total. The van der Waals surface area contributed by atoms with Crippen LogP contribution in [0.15, 0.2) is 47.5 Å². The lowest BCUT2D eigenvalue weighted by Crippen LogP contribution is -2.38. The normalized spacial score (nSPS) is 19.7. The van der Waals surface area contributed by atoms with Gasteiger partial charge in [0.1, 0.15) is 0 Å². The largest absolute Gasteiger partial charge is 0.260 e. The van der Waals surface area contributed by atoms with Gasteiger partial charge in [0.15, 0.2) is 0 Å². The summed E-state index contributed by atoms with van der Waals surface area (Å²) in [4.78, 5) is 4.79. The van der Waals surface area contributed by atoms with Crippen LogP contribution in [0.5, 0.6) is 0 Å². The molecule has 1 fully saturated rings. The van der Waals surface area contributed by atoms with Gasteiger partial charge in [0.25, 0.3) is 0 Å². The minimum Gasteiger partial charge on any atom is -0.260 e. The average molecular weight is 330 g/mol. The second-order valence-electron chi connectivity index (χ2n) is 6.20. The molecule has 2 heterocycles. The number of benzene rings is 1. The van der Waals surface area contributed by atoms with Gasteiger partial charge < -0.3 is 0 Å². The zero-order valence-corrected chi connectivity index (χ0v) is 14.4. The highest BCUT2D eigenvalue weighted by Gasteiger charge is 2.35. The van der Waals surface area contributed by atoms with Crippen molar-refractivity contribution >= 4 is 10.0 Å². The summed E-state index contributed by atoms with van der Waals surface area (Å²) in [7, 11) is -3.50. The number of pyridine rings is 1. The van der Waals surface area contributed by atoms with Crippen LogP contribution in [-0.4, -0.2) is 24.3 Å². The maximum Gasteiger partial charge on any atom is 0.243 e. The van der Waals surface area contributed by atoms with Gasteiger partial charge in [-0.1, -0.05) is 24.1 Å². The van der Waals surface area contributed by atoms with E-state index in [9.17, 15) is 8.42 Å².